The monoisotopic (exact) mass is 381 g/mol. The molecule has 0 saturated carbocycles. The van der Waals surface area contributed by atoms with Crippen LogP contribution in [0.15, 0.2) is 65.3 Å². The lowest BCUT2D eigenvalue weighted by molar-refractivity contribution is 0.0729. The number of benzene rings is 1. The average Bonchev–Trinajstić information content (AvgIpc) is 3.24. The lowest BCUT2D eigenvalue weighted by Gasteiger charge is -2.09. The van der Waals surface area contributed by atoms with E-state index in [9.17, 15) is 9.59 Å². The van der Waals surface area contributed by atoms with Gasteiger partial charge in [-0.25, -0.2) is 10.2 Å². The minimum Gasteiger partial charge on any atom is -0.493 e. The van der Waals surface area contributed by atoms with Crippen molar-refractivity contribution in [3.8, 4) is 11.5 Å². The highest BCUT2D eigenvalue weighted by molar-refractivity contribution is 7.12. The van der Waals surface area contributed by atoms with Gasteiger partial charge in [-0.1, -0.05) is 6.07 Å². The third-order valence-corrected chi connectivity index (χ3v) is 4.28. The molecule has 7 nitrogen and oxygen atoms in total. The largest absolute Gasteiger partial charge is 0.493 e. The quantitative estimate of drug-likeness (QED) is 0.307. The van der Waals surface area contributed by atoms with Crippen molar-refractivity contribution in [2.75, 3.05) is 7.11 Å². The number of thiophene rings is 1. The normalized spacial score (nSPS) is 10.6. The second-order valence-electron chi connectivity index (χ2n) is 5.22. The van der Waals surface area contributed by atoms with Gasteiger partial charge in [-0.15, -0.1) is 11.3 Å². The lowest BCUT2D eigenvalue weighted by atomic mass is 10.2. The van der Waals surface area contributed by atoms with Gasteiger partial charge in [0.05, 0.1) is 23.8 Å². The second-order valence-corrected chi connectivity index (χ2v) is 6.17. The molecule has 1 N–H and O–H groups in total. The molecule has 0 aliphatic rings. The fraction of sp³-hybridized carbons (Fsp3) is 0.0526. The highest BCUT2D eigenvalue weighted by Crippen LogP contribution is 2.28. The van der Waals surface area contributed by atoms with Crippen molar-refractivity contribution in [3.05, 3.63) is 76.2 Å². The number of pyridine rings is 1. The van der Waals surface area contributed by atoms with Crippen LogP contribution in [0.3, 0.4) is 0 Å². The highest BCUT2D eigenvalue weighted by atomic mass is 32.1. The van der Waals surface area contributed by atoms with E-state index in [0.717, 1.165) is 0 Å². The van der Waals surface area contributed by atoms with Gasteiger partial charge >= 0.3 is 5.97 Å². The minimum absolute atomic E-state index is 0.270. The summed E-state index contributed by atoms with van der Waals surface area (Å²) in [5.74, 6) is -0.187. The number of aromatic nitrogens is 1. The third kappa shape index (κ3) is 4.77. The molecule has 0 bridgehead atoms. The molecule has 0 atom stereocenters. The first kappa shape index (κ1) is 18.3. The molecule has 0 unspecified atom stereocenters. The van der Waals surface area contributed by atoms with Crippen molar-refractivity contribution in [3.63, 3.8) is 0 Å². The first-order valence-corrected chi connectivity index (χ1v) is 8.72. The molecule has 1 aromatic carbocycles. The summed E-state index contributed by atoms with van der Waals surface area (Å²) in [6.45, 7) is 0. The van der Waals surface area contributed by atoms with Crippen molar-refractivity contribution >= 4 is 29.4 Å². The second kappa shape index (κ2) is 8.72. The van der Waals surface area contributed by atoms with E-state index in [1.807, 2.05) is 5.38 Å². The predicted octanol–water partition coefficient (Wildman–Crippen LogP) is 3.13. The zero-order valence-corrected chi connectivity index (χ0v) is 15.1. The molecule has 0 spiro atoms. The number of amides is 1. The molecular formula is C19H15N3O4S. The number of esters is 1. The van der Waals surface area contributed by atoms with E-state index in [0.29, 0.717) is 21.8 Å². The highest BCUT2D eigenvalue weighted by Gasteiger charge is 2.13. The summed E-state index contributed by atoms with van der Waals surface area (Å²) in [5, 5.41) is 5.74. The topological polar surface area (TPSA) is 89.9 Å². The number of hydrazone groups is 1. The zero-order valence-electron chi connectivity index (χ0n) is 14.3. The van der Waals surface area contributed by atoms with Crippen LogP contribution in [0, 0.1) is 0 Å². The summed E-state index contributed by atoms with van der Waals surface area (Å²) in [6.07, 6.45) is 4.47. The number of nitrogens with zero attached hydrogens (tertiary/aromatic N) is 2. The Morgan fingerprint density at radius 1 is 1.19 bits per heavy atom. The Bertz CT molecular complexity index is 956. The van der Waals surface area contributed by atoms with Crippen molar-refractivity contribution in [2.45, 2.75) is 0 Å². The smallest absolute Gasteiger partial charge is 0.345 e. The lowest BCUT2D eigenvalue weighted by Crippen LogP contribution is -2.16. The average molecular weight is 381 g/mol. The zero-order chi connectivity index (χ0) is 19.1. The third-order valence-electron chi connectivity index (χ3n) is 3.41. The number of carbonyl (C=O) groups excluding carboxylic acids is 2. The van der Waals surface area contributed by atoms with E-state index >= 15 is 0 Å². The molecule has 0 saturated heterocycles. The molecule has 1 amide bonds. The maximum Gasteiger partial charge on any atom is 0.345 e. The molecule has 8 heteroatoms. The van der Waals surface area contributed by atoms with E-state index in [1.54, 1.807) is 48.7 Å². The van der Waals surface area contributed by atoms with Crippen LogP contribution in [-0.2, 0) is 0 Å². The standard InChI is InChI=1S/C19H15N3O4S/c1-25-16-10-13(11-21-22-18(23)17-5-3-9-27-17)6-7-15(16)26-19(24)14-4-2-8-20-12-14/h2-12H,1H3,(H,22,23)/b21-11+. The van der Waals surface area contributed by atoms with Crippen LogP contribution in [-0.4, -0.2) is 30.2 Å². The Morgan fingerprint density at radius 3 is 2.78 bits per heavy atom. The van der Waals surface area contributed by atoms with E-state index in [2.05, 4.69) is 15.5 Å². The molecule has 0 radical (unpaired) electrons. The van der Waals surface area contributed by atoms with Crippen molar-refractivity contribution in [1.82, 2.24) is 10.4 Å². The van der Waals surface area contributed by atoms with Crippen LogP contribution in [0.4, 0.5) is 0 Å². The molecule has 27 heavy (non-hydrogen) atoms. The fourth-order valence-electron chi connectivity index (χ4n) is 2.12. The number of carbonyl (C=O) groups is 2. The van der Waals surface area contributed by atoms with E-state index in [-0.39, 0.29) is 11.7 Å². The van der Waals surface area contributed by atoms with Gasteiger partial charge in [-0.05, 0) is 47.3 Å². The Labute approximate surface area is 159 Å². The molecule has 136 valence electrons. The first-order chi connectivity index (χ1) is 13.2. The summed E-state index contributed by atoms with van der Waals surface area (Å²) in [4.78, 5) is 28.4. The molecule has 0 aliphatic heterocycles. The van der Waals surface area contributed by atoms with Gasteiger partial charge in [0.2, 0.25) is 0 Å². The van der Waals surface area contributed by atoms with E-state index in [1.165, 1.54) is 30.9 Å². The number of rotatable bonds is 6. The van der Waals surface area contributed by atoms with Crippen molar-refractivity contribution in [2.24, 2.45) is 5.10 Å². The van der Waals surface area contributed by atoms with Crippen LogP contribution >= 0.6 is 11.3 Å². The number of hydrogen-bond acceptors (Lipinski definition) is 7. The van der Waals surface area contributed by atoms with Gasteiger partial charge in [0.25, 0.3) is 5.91 Å². The van der Waals surface area contributed by atoms with Crippen LogP contribution in [0.2, 0.25) is 0 Å². The van der Waals surface area contributed by atoms with Crippen LogP contribution in [0.25, 0.3) is 0 Å². The summed E-state index contributed by atoms with van der Waals surface area (Å²) in [5.41, 5.74) is 3.45. The molecular weight excluding hydrogens is 366 g/mol. The summed E-state index contributed by atoms with van der Waals surface area (Å²) >= 11 is 1.33. The predicted molar refractivity (Wildman–Crippen MR) is 102 cm³/mol. The molecule has 3 aromatic rings. The minimum atomic E-state index is -0.536. The van der Waals surface area contributed by atoms with E-state index in [4.69, 9.17) is 9.47 Å². The van der Waals surface area contributed by atoms with Gasteiger partial charge in [0, 0.05) is 12.4 Å². The van der Waals surface area contributed by atoms with Crippen molar-refractivity contribution in [1.29, 1.82) is 0 Å². The maximum absolute atomic E-state index is 12.1. The molecule has 0 fully saturated rings. The van der Waals surface area contributed by atoms with Gasteiger partial charge in [0.1, 0.15) is 0 Å². The Morgan fingerprint density at radius 2 is 2.07 bits per heavy atom. The Kier molecular flexibility index (Phi) is 5.91. The van der Waals surface area contributed by atoms with Crippen molar-refractivity contribution < 1.29 is 19.1 Å². The summed E-state index contributed by atoms with van der Waals surface area (Å²) in [7, 11) is 1.47. The maximum atomic E-state index is 12.1. The number of methoxy groups -OCH3 is 1. The number of nitrogens with one attached hydrogen (secondary N) is 1. The van der Waals surface area contributed by atoms with E-state index < -0.39 is 5.97 Å². The summed E-state index contributed by atoms with van der Waals surface area (Å²) < 4.78 is 10.6. The summed E-state index contributed by atoms with van der Waals surface area (Å²) in [6, 6.07) is 11.7. The van der Waals surface area contributed by atoms with Crippen LogP contribution in [0.1, 0.15) is 25.6 Å². The molecule has 2 aromatic heterocycles. The fourth-order valence-corrected chi connectivity index (χ4v) is 2.73. The van der Waals surface area contributed by atoms with Gasteiger partial charge in [-0.3, -0.25) is 9.78 Å². The Balaban J connectivity index is 1.67. The van der Waals surface area contributed by atoms with Crippen LogP contribution < -0.4 is 14.9 Å². The van der Waals surface area contributed by atoms with Gasteiger partial charge < -0.3 is 9.47 Å². The Hall–Kier alpha value is -3.52. The number of ether oxygens (including phenoxy) is 2. The van der Waals surface area contributed by atoms with Gasteiger partial charge in [0.15, 0.2) is 11.5 Å². The molecule has 2 heterocycles. The molecule has 0 aliphatic carbocycles. The SMILES string of the molecule is COc1cc(/C=N/NC(=O)c2cccs2)ccc1OC(=O)c1cccnc1. The molecule has 3 rings (SSSR count). The number of hydrogen-bond donors (Lipinski definition) is 1. The van der Waals surface area contributed by atoms with Gasteiger partial charge in [-0.2, -0.15) is 5.10 Å². The first-order valence-electron chi connectivity index (χ1n) is 7.84. The van der Waals surface area contributed by atoms with Crippen LogP contribution in [0.5, 0.6) is 11.5 Å².